The summed E-state index contributed by atoms with van der Waals surface area (Å²) in [4.78, 5) is 22.0. The van der Waals surface area contributed by atoms with Gasteiger partial charge in [-0.15, -0.1) is 0 Å². The first-order chi connectivity index (χ1) is 7.63. The largest absolute Gasteiger partial charge is 0.481 e. The van der Waals surface area contributed by atoms with Crippen LogP contribution in [0.1, 0.15) is 39.0 Å². The molecule has 0 aliphatic heterocycles. The van der Waals surface area contributed by atoms with E-state index in [1.165, 1.54) is 0 Å². The molecule has 1 fully saturated rings. The molecule has 1 atom stereocenters. The Bertz CT molecular complexity index is 252. The number of carboxylic acid groups (broad SMARTS) is 1. The van der Waals surface area contributed by atoms with Gasteiger partial charge in [0.05, 0.1) is 6.42 Å². The third-order valence-corrected chi connectivity index (χ3v) is 2.72. The lowest BCUT2D eigenvalue weighted by Crippen LogP contribution is -2.44. The second-order valence-electron chi connectivity index (χ2n) is 4.30. The van der Waals surface area contributed by atoms with Crippen LogP contribution in [0.4, 0.5) is 4.79 Å². The molecule has 0 saturated heterocycles. The molecular formula is C11H20N2O3. The van der Waals surface area contributed by atoms with Crippen LogP contribution in [-0.4, -0.2) is 29.7 Å². The van der Waals surface area contributed by atoms with E-state index in [0.29, 0.717) is 12.5 Å². The Hall–Kier alpha value is -1.26. The molecule has 1 rings (SSSR count). The van der Waals surface area contributed by atoms with Crippen LogP contribution in [0.2, 0.25) is 0 Å². The summed E-state index contributed by atoms with van der Waals surface area (Å²) >= 11 is 0. The Balaban J connectivity index is 2.24. The van der Waals surface area contributed by atoms with E-state index >= 15 is 0 Å². The molecule has 1 saturated carbocycles. The van der Waals surface area contributed by atoms with Crippen molar-refractivity contribution < 1.29 is 14.7 Å². The first-order valence-corrected chi connectivity index (χ1v) is 5.89. The minimum absolute atomic E-state index is 0.0197. The fourth-order valence-electron chi connectivity index (χ4n) is 1.62. The topological polar surface area (TPSA) is 78.4 Å². The van der Waals surface area contributed by atoms with Gasteiger partial charge in [-0.25, -0.2) is 4.79 Å². The summed E-state index contributed by atoms with van der Waals surface area (Å²) in [6.07, 6.45) is 4.04. The number of aliphatic carboxylic acids is 1. The predicted molar refractivity (Wildman–Crippen MR) is 60.2 cm³/mol. The maximum absolute atomic E-state index is 11.4. The summed E-state index contributed by atoms with van der Waals surface area (Å²) in [5, 5.41) is 14.2. The predicted octanol–water partition coefficient (Wildman–Crippen LogP) is 1.34. The molecule has 16 heavy (non-hydrogen) atoms. The van der Waals surface area contributed by atoms with Gasteiger partial charge in [0.1, 0.15) is 0 Å². The fraction of sp³-hybridized carbons (Fsp3) is 0.818. The number of carbonyl (C=O) groups is 2. The van der Waals surface area contributed by atoms with Crippen LogP contribution in [0.25, 0.3) is 0 Å². The molecule has 2 amide bonds. The van der Waals surface area contributed by atoms with Crippen LogP contribution in [-0.2, 0) is 4.79 Å². The molecule has 5 heteroatoms. The maximum atomic E-state index is 11.4. The number of hydrogen-bond donors (Lipinski definition) is 3. The number of carbonyl (C=O) groups excluding carboxylic acids is 1. The van der Waals surface area contributed by atoms with E-state index in [4.69, 9.17) is 5.11 Å². The minimum Gasteiger partial charge on any atom is -0.481 e. The summed E-state index contributed by atoms with van der Waals surface area (Å²) in [6.45, 7) is 2.70. The number of unbranched alkanes of at least 4 members (excludes halogenated alkanes) is 1. The zero-order chi connectivity index (χ0) is 12.0. The van der Waals surface area contributed by atoms with E-state index in [1.807, 2.05) is 0 Å². The van der Waals surface area contributed by atoms with Gasteiger partial charge in [-0.2, -0.15) is 0 Å². The van der Waals surface area contributed by atoms with Crippen molar-refractivity contribution in [2.45, 2.75) is 45.1 Å². The highest BCUT2D eigenvalue weighted by Gasteiger charge is 2.33. The van der Waals surface area contributed by atoms with Crippen molar-refractivity contribution in [1.82, 2.24) is 10.6 Å². The number of carboxylic acids is 1. The normalized spacial score (nSPS) is 16.6. The molecule has 0 radical (unpaired) electrons. The summed E-state index contributed by atoms with van der Waals surface area (Å²) < 4.78 is 0. The van der Waals surface area contributed by atoms with Crippen LogP contribution in [0.15, 0.2) is 0 Å². The highest BCUT2D eigenvalue weighted by atomic mass is 16.4. The SMILES string of the molecule is CCCCNC(=O)NC(CC(=O)O)C1CC1. The highest BCUT2D eigenvalue weighted by Crippen LogP contribution is 2.33. The molecule has 0 aromatic carbocycles. The molecule has 92 valence electrons. The van der Waals surface area contributed by atoms with E-state index in [1.54, 1.807) is 0 Å². The number of rotatable bonds is 7. The van der Waals surface area contributed by atoms with Gasteiger partial charge in [0.2, 0.25) is 0 Å². The number of amides is 2. The molecule has 5 nitrogen and oxygen atoms in total. The first-order valence-electron chi connectivity index (χ1n) is 5.89. The molecule has 0 spiro atoms. The van der Waals surface area contributed by atoms with Crippen molar-refractivity contribution >= 4 is 12.0 Å². The minimum atomic E-state index is -0.856. The molecule has 0 aromatic heterocycles. The van der Waals surface area contributed by atoms with Gasteiger partial charge in [0.15, 0.2) is 0 Å². The summed E-state index contributed by atoms with van der Waals surface area (Å²) in [7, 11) is 0. The maximum Gasteiger partial charge on any atom is 0.315 e. The lowest BCUT2D eigenvalue weighted by molar-refractivity contribution is -0.137. The summed E-state index contributed by atoms with van der Waals surface area (Å²) in [5.74, 6) is -0.501. The smallest absolute Gasteiger partial charge is 0.315 e. The van der Waals surface area contributed by atoms with Crippen molar-refractivity contribution in [2.75, 3.05) is 6.54 Å². The zero-order valence-corrected chi connectivity index (χ0v) is 9.66. The third-order valence-electron chi connectivity index (χ3n) is 2.72. The van der Waals surface area contributed by atoms with E-state index < -0.39 is 5.97 Å². The lowest BCUT2D eigenvalue weighted by Gasteiger charge is -2.16. The Morgan fingerprint density at radius 2 is 2.12 bits per heavy atom. The number of urea groups is 1. The Morgan fingerprint density at radius 1 is 1.44 bits per heavy atom. The van der Waals surface area contributed by atoms with E-state index in [2.05, 4.69) is 17.6 Å². The molecule has 0 bridgehead atoms. The molecule has 1 aliphatic rings. The second-order valence-corrected chi connectivity index (χ2v) is 4.30. The van der Waals surface area contributed by atoms with Gasteiger partial charge < -0.3 is 15.7 Å². The third kappa shape index (κ3) is 5.00. The lowest BCUT2D eigenvalue weighted by atomic mass is 10.1. The molecule has 1 aliphatic carbocycles. The average molecular weight is 228 g/mol. The van der Waals surface area contributed by atoms with Crippen molar-refractivity contribution in [3.8, 4) is 0 Å². The second kappa shape index (κ2) is 6.35. The van der Waals surface area contributed by atoms with Gasteiger partial charge in [-0.05, 0) is 25.2 Å². The van der Waals surface area contributed by atoms with Gasteiger partial charge in [0, 0.05) is 12.6 Å². The highest BCUT2D eigenvalue weighted by molar-refractivity contribution is 5.75. The molecular weight excluding hydrogens is 208 g/mol. The number of nitrogens with one attached hydrogen (secondary N) is 2. The van der Waals surface area contributed by atoms with Crippen molar-refractivity contribution in [2.24, 2.45) is 5.92 Å². The standard InChI is InChI=1S/C11H20N2O3/c1-2-3-6-12-11(16)13-9(7-10(14)15)8-4-5-8/h8-9H,2-7H2,1H3,(H,14,15)(H2,12,13,16). The zero-order valence-electron chi connectivity index (χ0n) is 9.66. The van der Waals surface area contributed by atoms with Gasteiger partial charge in [-0.3, -0.25) is 4.79 Å². The Labute approximate surface area is 95.6 Å². The quantitative estimate of drug-likeness (QED) is 0.575. The monoisotopic (exact) mass is 228 g/mol. The Morgan fingerprint density at radius 3 is 2.62 bits per heavy atom. The van der Waals surface area contributed by atoms with E-state index in [-0.39, 0.29) is 18.5 Å². The van der Waals surface area contributed by atoms with Crippen LogP contribution in [0.5, 0.6) is 0 Å². The molecule has 1 unspecified atom stereocenters. The molecule has 3 N–H and O–H groups in total. The summed E-state index contributed by atoms with van der Waals surface area (Å²) in [5.41, 5.74) is 0. The van der Waals surface area contributed by atoms with Crippen LogP contribution in [0, 0.1) is 5.92 Å². The van der Waals surface area contributed by atoms with Crippen molar-refractivity contribution in [1.29, 1.82) is 0 Å². The molecule has 0 aromatic rings. The summed E-state index contributed by atoms with van der Waals surface area (Å²) in [6, 6.07) is -0.453. The van der Waals surface area contributed by atoms with E-state index in [0.717, 1.165) is 25.7 Å². The van der Waals surface area contributed by atoms with Crippen LogP contribution in [0.3, 0.4) is 0 Å². The van der Waals surface area contributed by atoms with Crippen molar-refractivity contribution in [3.63, 3.8) is 0 Å². The number of hydrogen-bond acceptors (Lipinski definition) is 2. The van der Waals surface area contributed by atoms with Crippen LogP contribution < -0.4 is 10.6 Å². The molecule has 0 heterocycles. The fourth-order valence-corrected chi connectivity index (χ4v) is 1.62. The van der Waals surface area contributed by atoms with Gasteiger partial charge in [-0.1, -0.05) is 13.3 Å². The van der Waals surface area contributed by atoms with Crippen LogP contribution >= 0.6 is 0 Å². The first kappa shape index (κ1) is 12.8. The van der Waals surface area contributed by atoms with Gasteiger partial charge in [0.25, 0.3) is 0 Å². The average Bonchev–Trinajstić information content (AvgIpc) is 2.99. The van der Waals surface area contributed by atoms with Gasteiger partial charge >= 0.3 is 12.0 Å². The van der Waals surface area contributed by atoms with Crippen molar-refractivity contribution in [3.05, 3.63) is 0 Å². The Kier molecular flexibility index (Phi) is 5.08. The van der Waals surface area contributed by atoms with E-state index in [9.17, 15) is 9.59 Å².